The number of hydrogen-bond acceptors (Lipinski definition) is 4. The van der Waals surface area contributed by atoms with Gasteiger partial charge in [-0.15, -0.1) is 0 Å². The second-order valence-electron chi connectivity index (χ2n) is 4.82. The predicted molar refractivity (Wildman–Crippen MR) is 77.0 cm³/mol. The molecule has 1 atom stereocenters. The van der Waals surface area contributed by atoms with Crippen molar-refractivity contribution in [2.75, 3.05) is 26.7 Å². The van der Waals surface area contributed by atoms with Crippen LogP contribution in [0, 0.1) is 0 Å². The fraction of sp³-hybridized carbons (Fsp3) is 0.533. The minimum Gasteiger partial charge on any atom is -0.508 e. The number of benzene rings is 1. The molecule has 0 saturated carbocycles. The molecule has 0 aliphatic carbocycles. The number of methoxy groups -OCH3 is 1. The molecular weight excluding hydrogens is 258 g/mol. The number of rotatable bonds is 4. The molecule has 0 radical (unpaired) electrons. The van der Waals surface area contributed by atoms with E-state index in [1.54, 1.807) is 19.2 Å². The summed E-state index contributed by atoms with van der Waals surface area (Å²) in [5.74, 6) is 0.339. The number of likely N-dealkylation sites (tertiary alicyclic amines) is 1. The zero-order valence-corrected chi connectivity index (χ0v) is 11.9. The fourth-order valence-corrected chi connectivity index (χ4v) is 2.36. The largest absolute Gasteiger partial charge is 0.508 e. The van der Waals surface area contributed by atoms with E-state index < -0.39 is 0 Å². The zero-order valence-electron chi connectivity index (χ0n) is 11.9. The summed E-state index contributed by atoms with van der Waals surface area (Å²) in [5, 5.41) is 16.1. The first-order valence-electron chi connectivity index (χ1n) is 6.80. The highest BCUT2D eigenvalue weighted by molar-refractivity contribution is 5.32. The van der Waals surface area contributed by atoms with Crippen LogP contribution in [0.3, 0.4) is 0 Å². The van der Waals surface area contributed by atoms with E-state index in [0.29, 0.717) is 11.9 Å². The van der Waals surface area contributed by atoms with E-state index in [0.717, 1.165) is 19.5 Å². The molecule has 1 heterocycles. The lowest BCUT2D eigenvalue weighted by molar-refractivity contribution is -0.122. The van der Waals surface area contributed by atoms with Gasteiger partial charge in [-0.25, -0.2) is 0 Å². The highest BCUT2D eigenvalue weighted by atomic mass is 16.5. The Labute approximate surface area is 119 Å². The second kappa shape index (κ2) is 9.34. The lowest BCUT2D eigenvalue weighted by Crippen LogP contribution is -2.40. The summed E-state index contributed by atoms with van der Waals surface area (Å²) in [7, 11) is 1.80. The summed E-state index contributed by atoms with van der Waals surface area (Å²) in [5.41, 5.74) is 1.28. The van der Waals surface area contributed by atoms with Crippen molar-refractivity contribution in [2.24, 2.45) is 0 Å². The molecule has 20 heavy (non-hydrogen) atoms. The Morgan fingerprint density at radius 1 is 1.40 bits per heavy atom. The average molecular weight is 281 g/mol. The minimum absolute atomic E-state index is 0.250. The van der Waals surface area contributed by atoms with Crippen molar-refractivity contribution in [3.8, 4) is 5.75 Å². The van der Waals surface area contributed by atoms with Gasteiger partial charge in [-0.3, -0.25) is 4.79 Å². The molecule has 112 valence electrons. The van der Waals surface area contributed by atoms with Gasteiger partial charge in [0, 0.05) is 20.2 Å². The van der Waals surface area contributed by atoms with Crippen LogP contribution in [0.5, 0.6) is 5.75 Å². The van der Waals surface area contributed by atoms with Gasteiger partial charge in [0.15, 0.2) is 0 Å². The van der Waals surface area contributed by atoms with E-state index in [9.17, 15) is 5.11 Å². The van der Waals surface area contributed by atoms with E-state index >= 15 is 0 Å². The van der Waals surface area contributed by atoms with E-state index in [2.05, 4.69) is 4.90 Å². The van der Waals surface area contributed by atoms with Gasteiger partial charge in [0.1, 0.15) is 5.75 Å². The lowest BCUT2D eigenvalue weighted by Gasteiger charge is -2.31. The summed E-state index contributed by atoms with van der Waals surface area (Å²) < 4.78 is 5.41. The third-order valence-corrected chi connectivity index (χ3v) is 3.45. The number of phenolic OH excluding ortho intramolecular Hbond substituents is 1. The monoisotopic (exact) mass is 281 g/mol. The SMILES string of the molecule is COC1CCCN(CCc2ccc(O)cc2)C1.O=CO. The number of piperidine rings is 1. The average Bonchev–Trinajstić information content (AvgIpc) is 2.48. The Balaban J connectivity index is 0.000000612. The Hall–Kier alpha value is -1.59. The van der Waals surface area contributed by atoms with Crippen LogP contribution in [0.15, 0.2) is 24.3 Å². The van der Waals surface area contributed by atoms with Crippen LogP contribution < -0.4 is 0 Å². The number of ether oxygens (including phenoxy) is 1. The van der Waals surface area contributed by atoms with Gasteiger partial charge in [-0.2, -0.15) is 0 Å². The third kappa shape index (κ3) is 6.04. The maximum atomic E-state index is 9.21. The summed E-state index contributed by atoms with van der Waals surface area (Å²) in [6, 6.07) is 7.49. The van der Waals surface area contributed by atoms with Crippen molar-refractivity contribution >= 4 is 6.47 Å². The fourth-order valence-electron chi connectivity index (χ4n) is 2.36. The van der Waals surface area contributed by atoms with Gasteiger partial charge in [0.05, 0.1) is 6.10 Å². The van der Waals surface area contributed by atoms with E-state index in [-0.39, 0.29) is 6.47 Å². The maximum absolute atomic E-state index is 9.21. The van der Waals surface area contributed by atoms with E-state index in [4.69, 9.17) is 14.6 Å². The number of aromatic hydroxyl groups is 1. The van der Waals surface area contributed by atoms with E-state index in [1.165, 1.54) is 24.9 Å². The number of hydrogen-bond donors (Lipinski definition) is 2. The van der Waals surface area contributed by atoms with Crippen molar-refractivity contribution in [1.29, 1.82) is 0 Å². The molecule has 0 spiro atoms. The quantitative estimate of drug-likeness (QED) is 0.823. The van der Waals surface area contributed by atoms with Crippen LogP contribution >= 0.6 is 0 Å². The van der Waals surface area contributed by atoms with Crippen LogP contribution in [0.4, 0.5) is 0 Å². The molecule has 2 rings (SSSR count). The van der Waals surface area contributed by atoms with Crippen molar-refractivity contribution in [3.63, 3.8) is 0 Å². The Kier molecular flexibility index (Phi) is 7.69. The summed E-state index contributed by atoms with van der Waals surface area (Å²) in [4.78, 5) is 10.8. The van der Waals surface area contributed by atoms with Gasteiger partial charge in [0.2, 0.25) is 0 Å². The first kappa shape index (κ1) is 16.5. The summed E-state index contributed by atoms with van der Waals surface area (Å²) in [6.45, 7) is 3.05. The third-order valence-electron chi connectivity index (χ3n) is 3.45. The smallest absolute Gasteiger partial charge is 0.290 e. The molecule has 1 unspecified atom stereocenters. The number of phenols is 1. The van der Waals surface area contributed by atoms with Crippen LogP contribution in [0.1, 0.15) is 18.4 Å². The second-order valence-corrected chi connectivity index (χ2v) is 4.82. The zero-order chi connectivity index (χ0) is 14.8. The van der Waals surface area contributed by atoms with Crippen LogP contribution in [-0.2, 0) is 16.0 Å². The van der Waals surface area contributed by atoms with E-state index in [1.807, 2.05) is 12.1 Å². The highest BCUT2D eigenvalue weighted by Gasteiger charge is 2.18. The standard InChI is InChI=1S/C14H21NO2.CH2O2/c1-17-14-3-2-9-15(11-14)10-8-12-4-6-13(16)7-5-12;2-1-3/h4-7,14,16H,2-3,8-11H2,1H3;1H,(H,2,3). The summed E-state index contributed by atoms with van der Waals surface area (Å²) >= 11 is 0. The predicted octanol–water partition coefficient (Wildman–Crippen LogP) is 1.75. The molecule has 1 aromatic carbocycles. The molecule has 1 fully saturated rings. The van der Waals surface area contributed by atoms with Gasteiger partial charge >= 0.3 is 0 Å². The number of carbonyl (C=O) groups is 1. The van der Waals surface area contributed by atoms with Crippen molar-refractivity contribution in [1.82, 2.24) is 4.90 Å². The van der Waals surface area contributed by atoms with Crippen LogP contribution in [-0.4, -0.2) is 54.4 Å². The van der Waals surface area contributed by atoms with Crippen LogP contribution in [0.2, 0.25) is 0 Å². The van der Waals surface area contributed by atoms with Crippen molar-refractivity contribution < 1.29 is 19.7 Å². The maximum Gasteiger partial charge on any atom is 0.290 e. The first-order chi connectivity index (χ1) is 9.69. The highest BCUT2D eigenvalue weighted by Crippen LogP contribution is 2.14. The van der Waals surface area contributed by atoms with Gasteiger partial charge in [0.25, 0.3) is 6.47 Å². The molecule has 1 aliphatic rings. The number of nitrogens with zero attached hydrogens (tertiary/aromatic N) is 1. The molecule has 1 saturated heterocycles. The Morgan fingerprint density at radius 2 is 2.05 bits per heavy atom. The molecule has 0 aromatic heterocycles. The molecule has 5 nitrogen and oxygen atoms in total. The molecule has 1 aromatic rings. The van der Waals surface area contributed by atoms with Gasteiger partial charge in [-0.05, 0) is 43.5 Å². The van der Waals surface area contributed by atoms with Gasteiger partial charge < -0.3 is 19.8 Å². The summed E-state index contributed by atoms with van der Waals surface area (Å²) in [6.07, 6.45) is 3.86. The first-order valence-corrected chi connectivity index (χ1v) is 6.80. The Bertz CT molecular complexity index is 380. The van der Waals surface area contributed by atoms with Gasteiger partial charge in [-0.1, -0.05) is 12.1 Å². The normalized spacial score (nSPS) is 18.9. The number of carboxylic acid groups (broad SMARTS) is 1. The lowest BCUT2D eigenvalue weighted by atomic mass is 10.1. The molecule has 0 bridgehead atoms. The Morgan fingerprint density at radius 3 is 2.65 bits per heavy atom. The van der Waals surface area contributed by atoms with Crippen LogP contribution in [0.25, 0.3) is 0 Å². The van der Waals surface area contributed by atoms with Crippen molar-refractivity contribution in [3.05, 3.63) is 29.8 Å². The van der Waals surface area contributed by atoms with Crippen molar-refractivity contribution in [2.45, 2.75) is 25.4 Å². The molecule has 2 N–H and O–H groups in total. The molecule has 0 amide bonds. The molecule has 5 heteroatoms. The minimum atomic E-state index is -0.250. The topological polar surface area (TPSA) is 70.0 Å². The molecular formula is C15H23NO4. The molecule has 1 aliphatic heterocycles.